The van der Waals surface area contributed by atoms with Crippen molar-refractivity contribution in [1.29, 1.82) is 0 Å². The molecule has 1 N–H and O–H groups in total. The lowest BCUT2D eigenvalue weighted by molar-refractivity contribution is 0.637. The van der Waals surface area contributed by atoms with E-state index in [0.717, 1.165) is 18.8 Å². The molecule has 0 aromatic carbocycles. The molecule has 0 bridgehead atoms. The Hall–Kier alpha value is -1.49. The van der Waals surface area contributed by atoms with Crippen molar-refractivity contribution in [1.82, 2.24) is 24.9 Å². The van der Waals surface area contributed by atoms with Gasteiger partial charge in [0.15, 0.2) is 5.82 Å². The Morgan fingerprint density at radius 3 is 3.25 bits per heavy atom. The minimum absolute atomic E-state index is 0.436. The lowest BCUT2D eigenvalue weighted by Crippen LogP contribution is -2.13. The van der Waals surface area contributed by atoms with Crippen molar-refractivity contribution < 1.29 is 0 Å². The van der Waals surface area contributed by atoms with E-state index < -0.39 is 0 Å². The van der Waals surface area contributed by atoms with Crippen molar-refractivity contribution >= 4 is 5.78 Å². The van der Waals surface area contributed by atoms with Crippen LogP contribution in [0.2, 0.25) is 0 Å². The van der Waals surface area contributed by atoms with E-state index in [1.165, 1.54) is 18.4 Å². The molecule has 1 aliphatic heterocycles. The molecule has 0 radical (unpaired) electrons. The van der Waals surface area contributed by atoms with Crippen LogP contribution in [0.1, 0.15) is 37.2 Å². The van der Waals surface area contributed by atoms with Gasteiger partial charge in [-0.15, -0.1) is 5.10 Å². The second-order valence-electron chi connectivity index (χ2n) is 4.16. The largest absolute Gasteiger partial charge is 0.310 e. The summed E-state index contributed by atoms with van der Waals surface area (Å²) in [6.45, 7) is 3.15. The maximum atomic E-state index is 4.38. The quantitative estimate of drug-likeness (QED) is 0.818. The summed E-state index contributed by atoms with van der Waals surface area (Å²) in [5, 5.41) is 7.84. The van der Waals surface area contributed by atoms with Crippen LogP contribution in [0, 0.1) is 0 Å². The van der Waals surface area contributed by atoms with E-state index in [4.69, 9.17) is 0 Å². The van der Waals surface area contributed by atoms with E-state index in [0.29, 0.717) is 11.8 Å². The highest BCUT2D eigenvalue weighted by molar-refractivity contribution is 5.29. The zero-order valence-corrected chi connectivity index (χ0v) is 9.35. The molecule has 0 spiro atoms. The SMILES string of the molecule is CCc1nc2ncc(C3CCCN3)cn2n1. The molecular weight excluding hydrogens is 202 g/mol. The molecule has 2 aromatic rings. The fraction of sp³-hybridized carbons (Fsp3) is 0.545. The van der Waals surface area contributed by atoms with Gasteiger partial charge in [-0.2, -0.15) is 4.98 Å². The molecule has 0 saturated carbocycles. The molecule has 1 aliphatic rings. The third-order valence-corrected chi connectivity index (χ3v) is 3.04. The van der Waals surface area contributed by atoms with Gasteiger partial charge in [0.05, 0.1) is 0 Å². The predicted molar refractivity (Wildman–Crippen MR) is 60.1 cm³/mol. The standard InChI is InChI=1S/C11H15N5/c1-2-10-14-11-13-6-8(7-16(11)15-10)9-4-3-5-12-9/h6-7,9,12H,2-5H2,1H3. The first kappa shape index (κ1) is 9.72. The Morgan fingerprint density at radius 1 is 1.56 bits per heavy atom. The average molecular weight is 217 g/mol. The van der Waals surface area contributed by atoms with Crippen LogP contribution in [-0.4, -0.2) is 26.1 Å². The highest BCUT2D eigenvalue weighted by atomic mass is 15.3. The summed E-state index contributed by atoms with van der Waals surface area (Å²) >= 11 is 0. The molecule has 3 heterocycles. The Balaban J connectivity index is 2.00. The number of hydrogen-bond donors (Lipinski definition) is 1. The summed E-state index contributed by atoms with van der Waals surface area (Å²) in [5.74, 6) is 1.54. The van der Waals surface area contributed by atoms with Gasteiger partial charge in [-0.25, -0.2) is 9.50 Å². The molecular formula is C11H15N5. The molecule has 1 atom stereocenters. The molecule has 1 fully saturated rings. The van der Waals surface area contributed by atoms with Gasteiger partial charge in [-0.1, -0.05) is 6.92 Å². The number of nitrogens with one attached hydrogen (secondary N) is 1. The number of hydrogen-bond acceptors (Lipinski definition) is 4. The summed E-state index contributed by atoms with van der Waals surface area (Å²) in [5.41, 5.74) is 1.21. The zero-order chi connectivity index (χ0) is 11.0. The van der Waals surface area contributed by atoms with Gasteiger partial charge in [0.1, 0.15) is 0 Å². The molecule has 0 amide bonds. The molecule has 3 rings (SSSR count). The third-order valence-electron chi connectivity index (χ3n) is 3.04. The normalized spacial score (nSPS) is 20.7. The number of rotatable bonds is 2. The summed E-state index contributed by atoms with van der Waals surface area (Å²) in [4.78, 5) is 8.66. The van der Waals surface area contributed by atoms with Gasteiger partial charge in [0.25, 0.3) is 5.78 Å². The lowest BCUT2D eigenvalue weighted by Gasteiger charge is -2.08. The topological polar surface area (TPSA) is 55.1 Å². The monoisotopic (exact) mass is 217 g/mol. The van der Waals surface area contributed by atoms with Crippen molar-refractivity contribution in [3.8, 4) is 0 Å². The molecule has 1 saturated heterocycles. The Labute approximate surface area is 93.9 Å². The second-order valence-corrected chi connectivity index (χ2v) is 4.16. The number of aromatic nitrogens is 4. The van der Waals surface area contributed by atoms with Crippen molar-refractivity contribution in [3.05, 3.63) is 23.8 Å². The van der Waals surface area contributed by atoms with Gasteiger partial charge in [-0.3, -0.25) is 0 Å². The first-order valence-corrected chi connectivity index (χ1v) is 5.81. The van der Waals surface area contributed by atoms with E-state index in [1.54, 1.807) is 4.52 Å². The maximum absolute atomic E-state index is 4.38. The van der Waals surface area contributed by atoms with Gasteiger partial charge >= 0.3 is 0 Å². The molecule has 16 heavy (non-hydrogen) atoms. The van der Waals surface area contributed by atoms with Crippen LogP contribution in [0.15, 0.2) is 12.4 Å². The second kappa shape index (κ2) is 3.83. The van der Waals surface area contributed by atoms with Gasteiger partial charge in [0, 0.05) is 30.4 Å². The van der Waals surface area contributed by atoms with Crippen molar-refractivity contribution in [3.63, 3.8) is 0 Å². The van der Waals surface area contributed by atoms with Crippen LogP contribution < -0.4 is 5.32 Å². The fourth-order valence-electron chi connectivity index (χ4n) is 2.14. The van der Waals surface area contributed by atoms with E-state index >= 15 is 0 Å². The van der Waals surface area contributed by atoms with Crippen LogP contribution in [0.5, 0.6) is 0 Å². The van der Waals surface area contributed by atoms with Crippen molar-refractivity contribution in [2.45, 2.75) is 32.2 Å². The van der Waals surface area contributed by atoms with E-state index in [-0.39, 0.29) is 0 Å². The fourth-order valence-corrected chi connectivity index (χ4v) is 2.14. The van der Waals surface area contributed by atoms with E-state index in [9.17, 15) is 0 Å². The van der Waals surface area contributed by atoms with E-state index in [1.807, 2.05) is 19.3 Å². The van der Waals surface area contributed by atoms with E-state index in [2.05, 4.69) is 20.4 Å². The Bertz CT molecular complexity index is 498. The molecule has 5 nitrogen and oxygen atoms in total. The lowest BCUT2D eigenvalue weighted by atomic mass is 10.1. The number of nitrogens with zero attached hydrogens (tertiary/aromatic N) is 4. The van der Waals surface area contributed by atoms with Gasteiger partial charge in [-0.05, 0) is 19.4 Å². The summed E-state index contributed by atoms with van der Waals surface area (Å²) < 4.78 is 1.79. The first-order valence-electron chi connectivity index (χ1n) is 5.81. The molecule has 1 unspecified atom stereocenters. The smallest absolute Gasteiger partial charge is 0.252 e. The molecule has 0 aliphatic carbocycles. The highest BCUT2D eigenvalue weighted by Gasteiger charge is 2.17. The highest BCUT2D eigenvalue weighted by Crippen LogP contribution is 2.21. The summed E-state index contributed by atoms with van der Waals surface area (Å²) in [6, 6.07) is 0.436. The van der Waals surface area contributed by atoms with Crippen LogP contribution >= 0.6 is 0 Å². The van der Waals surface area contributed by atoms with Gasteiger partial charge in [0.2, 0.25) is 0 Å². The summed E-state index contributed by atoms with van der Waals surface area (Å²) in [6.07, 6.45) is 7.22. The molecule has 84 valence electrons. The summed E-state index contributed by atoms with van der Waals surface area (Å²) in [7, 11) is 0. The molecule has 2 aromatic heterocycles. The van der Waals surface area contributed by atoms with Crippen molar-refractivity contribution in [2.24, 2.45) is 0 Å². The van der Waals surface area contributed by atoms with Crippen LogP contribution in [0.4, 0.5) is 0 Å². The maximum Gasteiger partial charge on any atom is 0.252 e. The third kappa shape index (κ3) is 1.57. The number of aryl methyl sites for hydroxylation is 1. The molecule has 5 heteroatoms. The Kier molecular flexibility index (Phi) is 2.32. The minimum atomic E-state index is 0.436. The van der Waals surface area contributed by atoms with Crippen LogP contribution in [0.3, 0.4) is 0 Å². The average Bonchev–Trinajstić information content (AvgIpc) is 2.96. The van der Waals surface area contributed by atoms with Crippen LogP contribution in [-0.2, 0) is 6.42 Å². The van der Waals surface area contributed by atoms with Crippen LogP contribution in [0.25, 0.3) is 5.78 Å². The minimum Gasteiger partial charge on any atom is -0.310 e. The zero-order valence-electron chi connectivity index (χ0n) is 9.35. The van der Waals surface area contributed by atoms with Gasteiger partial charge < -0.3 is 5.32 Å². The predicted octanol–water partition coefficient (Wildman–Crippen LogP) is 1.11. The first-order chi connectivity index (χ1) is 7.86. The Morgan fingerprint density at radius 2 is 2.50 bits per heavy atom. The number of fused-ring (bicyclic) bond motifs is 1. The van der Waals surface area contributed by atoms with Crippen molar-refractivity contribution in [2.75, 3.05) is 6.54 Å².